The van der Waals surface area contributed by atoms with Gasteiger partial charge in [-0.3, -0.25) is 14.4 Å². The van der Waals surface area contributed by atoms with Crippen molar-refractivity contribution in [3.63, 3.8) is 0 Å². The highest BCUT2D eigenvalue weighted by atomic mass is 16.6. The molecule has 0 heterocycles. The van der Waals surface area contributed by atoms with Crippen LogP contribution in [0.5, 0.6) is 0 Å². The molecule has 9 nitrogen and oxygen atoms in total. The number of aryl methyl sites for hydroxylation is 2. The van der Waals surface area contributed by atoms with Crippen molar-refractivity contribution >= 4 is 23.9 Å². The number of benzene rings is 1. The SMILES string of the molecule is CCCCCCN(C(=O)CNC(=O)OC(C)(C)C)C(C(=O)NCC(=O)OC)c1cc(C)ccc1C. The summed E-state index contributed by atoms with van der Waals surface area (Å²) in [6, 6.07) is 4.71. The molecule has 1 unspecified atom stereocenters. The Labute approximate surface area is 208 Å². The maximum Gasteiger partial charge on any atom is 0.408 e. The number of methoxy groups -OCH3 is 1. The van der Waals surface area contributed by atoms with E-state index in [1.807, 2.05) is 32.0 Å². The van der Waals surface area contributed by atoms with Crippen LogP contribution in [0, 0.1) is 13.8 Å². The minimum atomic E-state index is -0.978. The standard InChI is InChI=1S/C26H41N3O6/c1-8-9-10-11-14-29(21(30)16-28-25(33)35-26(4,5)6)23(24(32)27-17-22(31)34-7)20-15-18(2)12-13-19(20)3/h12-13,15,23H,8-11,14,16-17H2,1-7H3,(H,27,32)(H,28,33). The topological polar surface area (TPSA) is 114 Å². The van der Waals surface area contributed by atoms with Gasteiger partial charge in [0.15, 0.2) is 0 Å². The van der Waals surface area contributed by atoms with Gasteiger partial charge in [-0.15, -0.1) is 0 Å². The first kappa shape index (κ1) is 29.9. The number of carbonyl (C=O) groups excluding carboxylic acids is 4. The summed E-state index contributed by atoms with van der Waals surface area (Å²) in [5.41, 5.74) is 1.72. The second-order valence-corrected chi connectivity index (χ2v) is 9.56. The lowest BCUT2D eigenvalue weighted by Crippen LogP contribution is -2.49. The number of nitrogens with one attached hydrogen (secondary N) is 2. The van der Waals surface area contributed by atoms with Crippen LogP contribution in [0.2, 0.25) is 0 Å². The van der Waals surface area contributed by atoms with E-state index in [2.05, 4.69) is 22.3 Å². The van der Waals surface area contributed by atoms with E-state index >= 15 is 0 Å². The second kappa shape index (κ2) is 14.3. The number of carbonyl (C=O) groups is 4. The Kier molecular flexibility index (Phi) is 12.3. The first-order valence-corrected chi connectivity index (χ1v) is 12.1. The summed E-state index contributed by atoms with van der Waals surface area (Å²) in [5.74, 6) is -1.51. The van der Waals surface area contributed by atoms with Gasteiger partial charge in [0.25, 0.3) is 0 Å². The van der Waals surface area contributed by atoms with Crippen LogP contribution < -0.4 is 10.6 Å². The first-order valence-electron chi connectivity index (χ1n) is 12.1. The zero-order valence-corrected chi connectivity index (χ0v) is 22.2. The van der Waals surface area contributed by atoms with E-state index < -0.39 is 35.5 Å². The molecule has 1 aromatic carbocycles. The molecule has 0 aromatic heterocycles. The summed E-state index contributed by atoms with van der Waals surface area (Å²) in [5, 5.41) is 5.09. The molecular formula is C26H41N3O6. The summed E-state index contributed by atoms with van der Waals surface area (Å²) in [6.45, 7) is 10.7. The molecular weight excluding hydrogens is 450 g/mol. The van der Waals surface area contributed by atoms with Crippen molar-refractivity contribution in [3.05, 3.63) is 34.9 Å². The fourth-order valence-electron chi connectivity index (χ4n) is 3.50. The molecule has 1 atom stereocenters. The molecule has 1 aromatic rings. The Balaban J connectivity index is 3.28. The van der Waals surface area contributed by atoms with Crippen LogP contribution in [-0.4, -0.2) is 61.1 Å². The van der Waals surface area contributed by atoms with Crippen molar-refractivity contribution in [1.29, 1.82) is 0 Å². The van der Waals surface area contributed by atoms with Crippen molar-refractivity contribution in [2.45, 2.75) is 78.9 Å². The van der Waals surface area contributed by atoms with E-state index in [-0.39, 0.29) is 13.1 Å². The molecule has 0 aliphatic carbocycles. The smallest absolute Gasteiger partial charge is 0.408 e. The highest BCUT2D eigenvalue weighted by Crippen LogP contribution is 2.26. The number of hydrogen-bond acceptors (Lipinski definition) is 6. The van der Waals surface area contributed by atoms with Crippen LogP contribution in [0.3, 0.4) is 0 Å². The van der Waals surface area contributed by atoms with Crippen molar-refractivity contribution < 1.29 is 28.7 Å². The molecule has 0 saturated carbocycles. The number of hydrogen-bond donors (Lipinski definition) is 2. The lowest BCUT2D eigenvalue weighted by Gasteiger charge is -2.32. The highest BCUT2D eigenvalue weighted by molar-refractivity contribution is 5.92. The normalized spacial score (nSPS) is 11.9. The average Bonchev–Trinajstić information content (AvgIpc) is 2.78. The van der Waals surface area contributed by atoms with Gasteiger partial charge in [-0.2, -0.15) is 0 Å². The minimum Gasteiger partial charge on any atom is -0.468 e. The number of nitrogens with zero attached hydrogens (tertiary/aromatic N) is 1. The number of unbranched alkanes of at least 4 members (excludes halogenated alkanes) is 3. The summed E-state index contributed by atoms with van der Waals surface area (Å²) < 4.78 is 9.87. The third-order valence-corrected chi connectivity index (χ3v) is 5.28. The van der Waals surface area contributed by atoms with Gasteiger partial charge in [0, 0.05) is 6.54 Å². The van der Waals surface area contributed by atoms with Gasteiger partial charge in [0.1, 0.15) is 24.7 Å². The van der Waals surface area contributed by atoms with Crippen LogP contribution in [0.15, 0.2) is 18.2 Å². The van der Waals surface area contributed by atoms with Gasteiger partial charge >= 0.3 is 12.1 Å². The molecule has 9 heteroatoms. The number of ether oxygens (including phenoxy) is 2. The van der Waals surface area contributed by atoms with Crippen LogP contribution >= 0.6 is 0 Å². The summed E-state index contributed by atoms with van der Waals surface area (Å²) in [4.78, 5) is 52.0. The van der Waals surface area contributed by atoms with Gasteiger partial charge in [-0.25, -0.2) is 4.79 Å². The minimum absolute atomic E-state index is 0.315. The second-order valence-electron chi connectivity index (χ2n) is 9.56. The Morgan fingerprint density at radius 2 is 1.69 bits per heavy atom. The molecule has 35 heavy (non-hydrogen) atoms. The lowest BCUT2D eigenvalue weighted by molar-refractivity contribution is -0.143. The fourth-order valence-corrected chi connectivity index (χ4v) is 3.50. The first-order chi connectivity index (χ1) is 16.4. The molecule has 0 aliphatic heterocycles. The van der Waals surface area contributed by atoms with E-state index in [1.165, 1.54) is 12.0 Å². The fraction of sp³-hybridized carbons (Fsp3) is 0.615. The van der Waals surface area contributed by atoms with Crippen molar-refractivity contribution in [3.8, 4) is 0 Å². The van der Waals surface area contributed by atoms with Gasteiger partial charge in [-0.05, 0) is 52.2 Å². The number of esters is 1. The van der Waals surface area contributed by atoms with E-state index in [0.717, 1.165) is 30.4 Å². The number of alkyl carbamates (subject to hydrolysis) is 1. The maximum atomic E-state index is 13.4. The third kappa shape index (κ3) is 10.8. The van der Waals surface area contributed by atoms with E-state index in [1.54, 1.807) is 20.8 Å². The quantitative estimate of drug-likeness (QED) is 0.341. The number of rotatable bonds is 12. The summed E-state index contributed by atoms with van der Waals surface area (Å²) in [6.07, 6.45) is 2.89. The lowest BCUT2D eigenvalue weighted by atomic mass is 9.96. The average molecular weight is 492 g/mol. The van der Waals surface area contributed by atoms with Crippen LogP contribution in [0.4, 0.5) is 4.79 Å². The van der Waals surface area contributed by atoms with E-state index in [0.29, 0.717) is 18.5 Å². The molecule has 2 N–H and O–H groups in total. The Morgan fingerprint density at radius 3 is 2.29 bits per heavy atom. The monoisotopic (exact) mass is 491 g/mol. The van der Waals surface area contributed by atoms with Crippen LogP contribution in [0.25, 0.3) is 0 Å². The molecule has 0 spiro atoms. The molecule has 0 bridgehead atoms. The van der Waals surface area contributed by atoms with Crippen molar-refractivity contribution in [1.82, 2.24) is 15.5 Å². The maximum absolute atomic E-state index is 13.4. The van der Waals surface area contributed by atoms with Gasteiger partial charge in [0.05, 0.1) is 7.11 Å². The van der Waals surface area contributed by atoms with Gasteiger partial charge in [0.2, 0.25) is 11.8 Å². The molecule has 0 aliphatic rings. The van der Waals surface area contributed by atoms with E-state index in [4.69, 9.17) is 4.74 Å². The van der Waals surface area contributed by atoms with Gasteiger partial charge < -0.3 is 25.0 Å². The molecule has 0 saturated heterocycles. The number of amides is 3. The van der Waals surface area contributed by atoms with Crippen molar-refractivity contribution in [2.75, 3.05) is 26.7 Å². The third-order valence-electron chi connectivity index (χ3n) is 5.28. The Morgan fingerprint density at radius 1 is 1.00 bits per heavy atom. The molecule has 0 radical (unpaired) electrons. The van der Waals surface area contributed by atoms with Crippen LogP contribution in [-0.2, 0) is 23.9 Å². The Hall–Kier alpha value is -3.10. The summed E-state index contributed by atoms with van der Waals surface area (Å²) in [7, 11) is 1.24. The van der Waals surface area contributed by atoms with Crippen molar-refractivity contribution in [2.24, 2.45) is 0 Å². The molecule has 1 rings (SSSR count). The zero-order chi connectivity index (χ0) is 26.6. The Bertz CT molecular complexity index is 878. The van der Waals surface area contributed by atoms with E-state index in [9.17, 15) is 19.2 Å². The largest absolute Gasteiger partial charge is 0.468 e. The molecule has 3 amide bonds. The predicted octanol–water partition coefficient (Wildman–Crippen LogP) is 3.57. The molecule has 196 valence electrons. The predicted molar refractivity (Wildman–Crippen MR) is 134 cm³/mol. The summed E-state index contributed by atoms with van der Waals surface area (Å²) >= 11 is 0. The van der Waals surface area contributed by atoms with Gasteiger partial charge in [-0.1, -0.05) is 49.9 Å². The molecule has 0 fully saturated rings. The highest BCUT2D eigenvalue weighted by Gasteiger charge is 2.33. The van der Waals surface area contributed by atoms with Crippen LogP contribution in [0.1, 0.15) is 76.1 Å². The zero-order valence-electron chi connectivity index (χ0n) is 22.2.